The first kappa shape index (κ1) is 11.9. The molecule has 1 saturated carbocycles. The van der Waals surface area contributed by atoms with Gasteiger partial charge in [0.1, 0.15) is 5.84 Å². The third-order valence-corrected chi connectivity index (χ3v) is 3.61. The molecule has 2 rings (SSSR count). The van der Waals surface area contributed by atoms with Crippen LogP contribution in [0.4, 0.5) is 0 Å². The molecule has 0 aromatic carbocycles. The summed E-state index contributed by atoms with van der Waals surface area (Å²) in [6.45, 7) is 12.1. The van der Waals surface area contributed by atoms with Crippen molar-refractivity contribution in [2.75, 3.05) is 32.7 Å². The van der Waals surface area contributed by atoms with E-state index >= 15 is 0 Å². The molecule has 3 nitrogen and oxygen atoms in total. The van der Waals surface area contributed by atoms with Crippen molar-refractivity contribution in [3.8, 4) is 0 Å². The van der Waals surface area contributed by atoms with Gasteiger partial charge in [-0.25, -0.2) is 0 Å². The molecule has 3 heteroatoms. The molecule has 1 aliphatic heterocycles. The maximum atomic E-state index is 8.16. The number of amidine groups is 1. The maximum Gasteiger partial charge on any atom is 0.101 e. The highest BCUT2D eigenvalue weighted by Crippen LogP contribution is 2.30. The standard InChI is InChI=1S/C13H25N3/c1-13(2,3)12(14)16-8-6-15(7-9-16)10-11-4-5-11/h11,14H,4-10H2,1-3H3. The van der Waals surface area contributed by atoms with E-state index in [4.69, 9.17) is 5.41 Å². The molecule has 0 unspecified atom stereocenters. The highest BCUT2D eigenvalue weighted by molar-refractivity contribution is 5.84. The van der Waals surface area contributed by atoms with E-state index in [0.29, 0.717) is 0 Å². The lowest BCUT2D eigenvalue weighted by Gasteiger charge is -2.39. The SMILES string of the molecule is CC(C)(C)C(=N)N1CCN(CC2CC2)CC1. The van der Waals surface area contributed by atoms with Gasteiger partial charge in [0.15, 0.2) is 0 Å². The van der Waals surface area contributed by atoms with Crippen LogP contribution in [0.25, 0.3) is 0 Å². The van der Waals surface area contributed by atoms with Crippen molar-refractivity contribution in [1.29, 1.82) is 5.41 Å². The highest BCUT2D eigenvalue weighted by Gasteiger charge is 2.29. The van der Waals surface area contributed by atoms with Crippen LogP contribution in [-0.4, -0.2) is 48.4 Å². The van der Waals surface area contributed by atoms with Gasteiger partial charge < -0.3 is 4.90 Å². The first-order valence-electron chi connectivity index (χ1n) is 6.53. The van der Waals surface area contributed by atoms with Gasteiger partial charge in [-0.3, -0.25) is 10.3 Å². The van der Waals surface area contributed by atoms with Gasteiger partial charge in [0.05, 0.1) is 0 Å². The number of nitrogens with zero attached hydrogens (tertiary/aromatic N) is 2. The number of piperazine rings is 1. The molecule has 0 aromatic rings. The van der Waals surface area contributed by atoms with Crippen LogP contribution in [0.15, 0.2) is 0 Å². The summed E-state index contributed by atoms with van der Waals surface area (Å²) >= 11 is 0. The number of rotatable bonds is 2. The van der Waals surface area contributed by atoms with E-state index in [-0.39, 0.29) is 5.41 Å². The maximum absolute atomic E-state index is 8.16. The zero-order valence-electron chi connectivity index (χ0n) is 10.9. The molecule has 92 valence electrons. The van der Waals surface area contributed by atoms with Crippen LogP contribution in [0, 0.1) is 16.7 Å². The highest BCUT2D eigenvalue weighted by atomic mass is 15.3. The van der Waals surface area contributed by atoms with Gasteiger partial charge >= 0.3 is 0 Å². The minimum absolute atomic E-state index is 0.00133. The molecule has 0 bridgehead atoms. The monoisotopic (exact) mass is 223 g/mol. The molecule has 1 N–H and O–H groups in total. The van der Waals surface area contributed by atoms with Crippen LogP contribution in [-0.2, 0) is 0 Å². The molecule has 0 amide bonds. The van der Waals surface area contributed by atoms with Gasteiger partial charge in [-0.05, 0) is 18.8 Å². The van der Waals surface area contributed by atoms with Gasteiger partial charge in [-0.1, -0.05) is 20.8 Å². The minimum Gasteiger partial charge on any atom is -0.358 e. The lowest BCUT2D eigenvalue weighted by atomic mass is 9.93. The lowest BCUT2D eigenvalue weighted by Crippen LogP contribution is -2.51. The zero-order valence-corrected chi connectivity index (χ0v) is 10.9. The molecule has 0 spiro atoms. The van der Waals surface area contributed by atoms with E-state index in [1.54, 1.807) is 0 Å². The predicted octanol–water partition coefficient (Wildman–Crippen LogP) is 2.04. The lowest BCUT2D eigenvalue weighted by molar-refractivity contribution is 0.168. The van der Waals surface area contributed by atoms with Gasteiger partial charge in [0, 0.05) is 38.1 Å². The zero-order chi connectivity index (χ0) is 11.8. The molecule has 16 heavy (non-hydrogen) atoms. The molecule has 1 saturated heterocycles. The van der Waals surface area contributed by atoms with Crippen molar-refractivity contribution >= 4 is 5.84 Å². The molecular weight excluding hydrogens is 198 g/mol. The number of hydrogen-bond acceptors (Lipinski definition) is 2. The second kappa shape index (κ2) is 4.36. The van der Waals surface area contributed by atoms with Crippen LogP contribution in [0.2, 0.25) is 0 Å². The fourth-order valence-corrected chi connectivity index (χ4v) is 2.29. The second-order valence-corrected chi connectivity index (χ2v) is 6.33. The molecule has 2 aliphatic rings. The summed E-state index contributed by atoms with van der Waals surface area (Å²) in [7, 11) is 0. The summed E-state index contributed by atoms with van der Waals surface area (Å²) in [6, 6.07) is 0. The van der Waals surface area contributed by atoms with E-state index < -0.39 is 0 Å². The summed E-state index contributed by atoms with van der Waals surface area (Å²) in [5.74, 6) is 1.80. The Balaban J connectivity index is 1.77. The Morgan fingerprint density at radius 3 is 2.12 bits per heavy atom. The van der Waals surface area contributed by atoms with E-state index in [1.807, 2.05) is 0 Å². The average Bonchev–Trinajstić information content (AvgIpc) is 3.00. The Labute approximate surface area is 99.3 Å². The van der Waals surface area contributed by atoms with Crippen molar-refractivity contribution in [2.45, 2.75) is 33.6 Å². The van der Waals surface area contributed by atoms with Gasteiger partial charge in [0.2, 0.25) is 0 Å². The minimum atomic E-state index is -0.00133. The fraction of sp³-hybridized carbons (Fsp3) is 0.923. The van der Waals surface area contributed by atoms with Gasteiger partial charge in [0.25, 0.3) is 0 Å². The summed E-state index contributed by atoms with van der Waals surface area (Å²) in [5, 5.41) is 8.16. The molecule has 1 heterocycles. The van der Waals surface area contributed by atoms with Crippen LogP contribution in [0.1, 0.15) is 33.6 Å². The van der Waals surface area contributed by atoms with E-state index in [9.17, 15) is 0 Å². The topological polar surface area (TPSA) is 30.3 Å². The third-order valence-electron chi connectivity index (χ3n) is 3.61. The smallest absolute Gasteiger partial charge is 0.101 e. The molecule has 0 aromatic heterocycles. The Morgan fingerprint density at radius 2 is 1.69 bits per heavy atom. The van der Waals surface area contributed by atoms with E-state index in [0.717, 1.165) is 37.9 Å². The first-order chi connectivity index (χ1) is 7.47. The van der Waals surface area contributed by atoms with Crippen molar-refractivity contribution in [3.05, 3.63) is 0 Å². The van der Waals surface area contributed by atoms with Crippen LogP contribution >= 0.6 is 0 Å². The van der Waals surface area contributed by atoms with Crippen molar-refractivity contribution < 1.29 is 0 Å². The van der Waals surface area contributed by atoms with Crippen LogP contribution in [0.5, 0.6) is 0 Å². The van der Waals surface area contributed by atoms with E-state index in [2.05, 4.69) is 30.6 Å². The van der Waals surface area contributed by atoms with Crippen LogP contribution in [0.3, 0.4) is 0 Å². The number of hydrogen-bond donors (Lipinski definition) is 1. The molecule has 2 fully saturated rings. The summed E-state index contributed by atoms with van der Waals surface area (Å²) in [5.41, 5.74) is -0.00133. The summed E-state index contributed by atoms with van der Waals surface area (Å²) < 4.78 is 0. The molecule has 0 atom stereocenters. The molecule has 0 radical (unpaired) electrons. The van der Waals surface area contributed by atoms with Crippen molar-refractivity contribution in [2.24, 2.45) is 11.3 Å². The third kappa shape index (κ3) is 2.97. The van der Waals surface area contributed by atoms with Crippen LogP contribution < -0.4 is 0 Å². The van der Waals surface area contributed by atoms with Crippen molar-refractivity contribution in [3.63, 3.8) is 0 Å². The fourth-order valence-electron chi connectivity index (χ4n) is 2.29. The summed E-state index contributed by atoms with van der Waals surface area (Å²) in [4.78, 5) is 4.83. The van der Waals surface area contributed by atoms with Gasteiger partial charge in [-0.2, -0.15) is 0 Å². The Hall–Kier alpha value is -0.570. The molecular formula is C13H25N3. The Morgan fingerprint density at radius 1 is 1.12 bits per heavy atom. The quantitative estimate of drug-likeness (QED) is 0.573. The Kier molecular flexibility index (Phi) is 3.24. The summed E-state index contributed by atoms with van der Waals surface area (Å²) in [6.07, 6.45) is 2.88. The number of nitrogens with one attached hydrogen (secondary N) is 1. The average molecular weight is 223 g/mol. The second-order valence-electron chi connectivity index (χ2n) is 6.33. The Bertz CT molecular complexity index is 255. The molecule has 1 aliphatic carbocycles. The largest absolute Gasteiger partial charge is 0.358 e. The van der Waals surface area contributed by atoms with Crippen molar-refractivity contribution in [1.82, 2.24) is 9.80 Å². The predicted molar refractivity (Wildman–Crippen MR) is 67.9 cm³/mol. The first-order valence-corrected chi connectivity index (χ1v) is 6.53. The van der Waals surface area contributed by atoms with E-state index in [1.165, 1.54) is 19.4 Å². The van der Waals surface area contributed by atoms with Gasteiger partial charge in [-0.15, -0.1) is 0 Å². The normalized spacial score (nSPS) is 23.6.